The van der Waals surface area contributed by atoms with E-state index in [0.29, 0.717) is 11.1 Å². The molecule has 7 nitrogen and oxygen atoms in total. The summed E-state index contributed by atoms with van der Waals surface area (Å²) in [4.78, 5) is 25.3. The fourth-order valence-corrected chi connectivity index (χ4v) is 3.04. The number of sulfonamides is 1. The fraction of sp³-hybridized carbons (Fsp3) is 0.467. The van der Waals surface area contributed by atoms with Gasteiger partial charge in [-0.2, -0.15) is 0 Å². The molecule has 1 aromatic carbocycles. The van der Waals surface area contributed by atoms with Gasteiger partial charge < -0.3 is 10.2 Å². The van der Waals surface area contributed by atoms with Crippen LogP contribution in [0.2, 0.25) is 0 Å². The summed E-state index contributed by atoms with van der Waals surface area (Å²) in [6.45, 7) is 5.10. The number of hydrogen-bond acceptors (Lipinski definition) is 4. The molecule has 3 N–H and O–H groups in total. The van der Waals surface area contributed by atoms with Gasteiger partial charge in [-0.15, -0.1) is 0 Å². The van der Waals surface area contributed by atoms with Crippen LogP contribution in [0.5, 0.6) is 0 Å². The third-order valence-electron chi connectivity index (χ3n) is 3.91. The molecule has 2 amide bonds. The van der Waals surface area contributed by atoms with Crippen molar-refractivity contribution in [1.29, 1.82) is 0 Å². The number of carbonyl (C=O) groups is 2. The highest BCUT2D eigenvalue weighted by Gasteiger charge is 2.22. The Bertz CT molecular complexity index is 728. The lowest BCUT2D eigenvalue weighted by atomic mass is 10.0. The molecule has 0 aliphatic carbocycles. The van der Waals surface area contributed by atoms with Gasteiger partial charge in [0.25, 0.3) is 5.91 Å². The molecule has 8 heteroatoms. The van der Waals surface area contributed by atoms with Crippen LogP contribution in [-0.2, 0) is 14.8 Å². The van der Waals surface area contributed by atoms with Crippen molar-refractivity contribution in [3.63, 3.8) is 0 Å². The van der Waals surface area contributed by atoms with E-state index in [-0.39, 0.29) is 34.7 Å². The van der Waals surface area contributed by atoms with Crippen LogP contribution >= 0.6 is 0 Å². The van der Waals surface area contributed by atoms with Crippen LogP contribution in [0.25, 0.3) is 0 Å². The van der Waals surface area contributed by atoms with E-state index in [1.807, 2.05) is 0 Å². The summed E-state index contributed by atoms with van der Waals surface area (Å²) >= 11 is 0. The van der Waals surface area contributed by atoms with E-state index in [9.17, 15) is 18.0 Å². The van der Waals surface area contributed by atoms with Crippen molar-refractivity contribution in [3.05, 3.63) is 28.8 Å². The van der Waals surface area contributed by atoms with Crippen molar-refractivity contribution in [2.45, 2.75) is 38.1 Å². The summed E-state index contributed by atoms with van der Waals surface area (Å²) in [7, 11) is -0.818. The Morgan fingerprint density at radius 3 is 2.35 bits per heavy atom. The molecular weight excluding hydrogens is 318 g/mol. The van der Waals surface area contributed by atoms with E-state index in [0.717, 1.165) is 0 Å². The average Bonchev–Trinajstić information content (AvgIpc) is 2.46. The second-order valence-electron chi connectivity index (χ2n) is 5.60. The van der Waals surface area contributed by atoms with E-state index in [4.69, 9.17) is 5.14 Å². The Kier molecular flexibility index (Phi) is 5.90. The van der Waals surface area contributed by atoms with Gasteiger partial charge in [0.15, 0.2) is 0 Å². The zero-order chi connectivity index (χ0) is 17.9. The number of rotatable bonds is 5. The Morgan fingerprint density at radius 1 is 1.30 bits per heavy atom. The van der Waals surface area contributed by atoms with E-state index in [1.165, 1.54) is 18.0 Å². The predicted molar refractivity (Wildman–Crippen MR) is 87.5 cm³/mol. The minimum atomic E-state index is -3.92. The lowest BCUT2D eigenvalue weighted by Gasteiger charge is -2.25. The molecular formula is C15H23N3O4S. The quantitative estimate of drug-likeness (QED) is 0.815. The van der Waals surface area contributed by atoms with Gasteiger partial charge in [0.05, 0.1) is 4.90 Å². The molecule has 0 saturated carbocycles. The van der Waals surface area contributed by atoms with Gasteiger partial charge in [0, 0.05) is 32.1 Å². The molecule has 1 atom stereocenters. The first kappa shape index (κ1) is 19.1. The normalized spacial score (nSPS) is 12.6. The molecule has 0 aliphatic rings. The average molecular weight is 341 g/mol. The number of amides is 2. The van der Waals surface area contributed by atoms with Gasteiger partial charge in [0.1, 0.15) is 0 Å². The molecule has 0 saturated heterocycles. The first-order valence-electron chi connectivity index (χ1n) is 7.10. The van der Waals surface area contributed by atoms with E-state index in [2.05, 4.69) is 5.32 Å². The lowest BCUT2D eigenvalue weighted by molar-refractivity contribution is -0.121. The molecule has 1 rings (SSSR count). The van der Waals surface area contributed by atoms with Gasteiger partial charge in [-0.05, 0) is 44.0 Å². The zero-order valence-electron chi connectivity index (χ0n) is 14.0. The van der Waals surface area contributed by atoms with Gasteiger partial charge >= 0.3 is 0 Å². The number of benzene rings is 1. The number of nitrogens with one attached hydrogen (secondary N) is 1. The minimum absolute atomic E-state index is 0.0618. The molecule has 0 heterocycles. The zero-order valence-corrected chi connectivity index (χ0v) is 14.8. The van der Waals surface area contributed by atoms with Gasteiger partial charge in [-0.1, -0.05) is 0 Å². The SMILES string of the molecule is CNC(=O)C[C@H](C)N(C)C(=O)c1cc(C)c(C)c(S(N)(=O)=O)c1. The third kappa shape index (κ3) is 4.52. The van der Waals surface area contributed by atoms with Crippen LogP contribution in [0.1, 0.15) is 34.8 Å². The summed E-state index contributed by atoms with van der Waals surface area (Å²) < 4.78 is 23.3. The summed E-state index contributed by atoms with van der Waals surface area (Å²) in [5, 5.41) is 7.71. The Hall–Kier alpha value is -1.93. The standard InChI is InChI=1S/C15H23N3O4S/c1-9-6-12(8-13(11(9)3)23(16,21)22)15(20)18(5)10(2)7-14(19)17-4/h6,8,10H,7H2,1-5H3,(H,17,19)(H2,16,21,22)/t10-/m0/s1. The maximum absolute atomic E-state index is 12.6. The Balaban J connectivity index is 3.18. The second kappa shape index (κ2) is 7.10. The maximum atomic E-state index is 12.6. The second-order valence-corrected chi connectivity index (χ2v) is 7.13. The van der Waals surface area contributed by atoms with Crippen LogP contribution in [0.4, 0.5) is 0 Å². The number of nitrogens with two attached hydrogens (primary N) is 1. The van der Waals surface area contributed by atoms with Crippen molar-refractivity contribution in [2.24, 2.45) is 5.14 Å². The molecule has 1 aromatic rings. The van der Waals surface area contributed by atoms with Crippen LogP contribution in [0, 0.1) is 13.8 Å². The molecule has 0 fully saturated rings. The molecule has 0 unspecified atom stereocenters. The van der Waals surface area contributed by atoms with E-state index < -0.39 is 10.0 Å². The largest absolute Gasteiger partial charge is 0.359 e. The Labute approximate surface area is 136 Å². The van der Waals surface area contributed by atoms with E-state index in [1.54, 1.807) is 33.9 Å². The Morgan fingerprint density at radius 2 is 1.87 bits per heavy atom. The smallest absolute Gasteiger partial charge is 0.253 e. The topological polar surface area (TPSA) is 110 Å². The van der Waals surface area contributed by atoms with Crippen LogP contribution < -0.4 is 10.5 Å². The first-order valence-corrected chi connectivity index (χ1v) is 8.65. The molecule has 128 valence electrons. The van der Waals surface area contributed by atoms with Crippen LogP contribution in [0.3, 0.4) is 0 Å². The molecule has 0 aromatic heterocycles. The van der Waals surface area contributed by atoms with Crippen molar-refractivity contribution < 1.29 is 18.0 Å². The van der Waals surface area contributed by atoms with Crippen molar-refractivity contribution in [2.75, 3.05) is 14.1 Å². The number of hydrogen-bond donors (Lipinski definition) is 2. The van der Waals surface area contributed by atoms with Crippen LogP contribution in [0.15, 0.2) is 17.0 Å². The maximum Gasteiger partial charge on any atom is 0.253 e. The number of aryl methyl sites for hydroxylation is 1. The minimum Gasteiger partial charge on any atom is -0.359 e. The number of primary sulfonamides is 1. The molecule has 0 radical (unpaired) electrons. The predicted octanol–water partition coefficient (Wildman–Crippen LogP) is 0.547. The van der Waals surface area contributed by atoms with Crippen molar-refractivity contribution in [3.8, 4) is 0 Å². The van der Waals surface area contributed by atoms with E-state index >= 15 is 0 Å². The highest BCUT2D eigenvalue weighted by Crippen LogP contribution is 2.21. The highest BCUT2D eigenvalue weighted by molar-refractivity contribution is 7.89. The summed E-state index contributed by atoms with van der Waals surface area (Å²) in [5.41, 5.74) is 1.40. The van der Waals surface area contributed by atoms with Gasteiger partial charge in [-0.3, -0.25) is 9.59 Å². The monoisotopic (exact) mass is 341 g/mol. The molecule has 0 bridgehead atoms. The summed E-state index contributed by atoms with van der Waals surface area (Å²) in [5.74, 6) is -0.545. The summed E-state index contributed by atoms with van der Waals surface area (Å²) in [6, 6.07) is 2.57. The van der Waals surface area contributed by atoms with Crippen molar-refractivity contribution in [1.82, 2.24) is 10.2 Å². The highest BCUT2D eigenvalue weighted by atomic mass is 32.2. The molecule has 0 aliphatic heterocycles. The molecule has 0 spiro atoms. The summed E-state index contributed by atoms with van der Waals surface area (Å²) in [6.07, 6.45) is 0.158. The molecule has 23 heavy (non-hydrogen) atoms. The van der Waals surface area contributed by atoms with Crippen molar-refractivity contribution >= 4 is 21.8 Å². The first-order chi connectivity index (χ1) is 10.5. The number of nitrogens with zero attached hydrogens (tertiary/aromatic N) is 1. The number of carbonyl (C=O) groups excluding carboxylic acids is 2. The third-order valence-corrected chi connectivity index (χ3v) is 4.95. The lowest BCUT2D eigenvalue weighted by Crippen LogP contribution is -2.38. The fourth-order valence-electron chi connectivity index (χ4n) is 2.16. The van der Waals surface area contributed by atoms with Gasteiger partial charge in [-0.25, -0.2) is 13.6 Å². The van der Waals surface area contributed by atoms with Crippen LogP contribution in [-0.4, -0.2) is 45.3 Å². The van der Waals surface area contributed by atoms with Gasteiger partial charge in [0.2, 0.25) is 15.9 Å².